The van der Waals surface area contributed by atoms with E-state index < -0.39 is 17.7 Å². The summed E-state index contributed by atoms with van der Waals surface area (Å²) in [5.74, 6) is -0.954. The Hall–Kier alpha value is -3.59. The number of carboxylic acid groups (broad SMARTS) is 1. The van der Waals surface area contributed by atoms with Crippen LogP contribution >= 0.6 is 11.3 Å². The van der Waals surface area contributed by atoms with E-state index in [4.69, 9.17) is 14.2 Å². The van der Waals surface area contributed by atoms with Gasteiger partial charge >= 0.3 is 5.97 Å². The summed E-state index contributed by atoms with van der Waals surface area (Å²) < 4.78 is 29.7. The highest BCUT2D eigenvalue weighted by molar-refractivity contribution is 7.15. The van der Waals surface area contributed by atoms with Crippen molar-refractivity contribution in [2.75, 3.05) is 26.6 Å². The van der Waals surface area contributed by atoms with E-state index in [0.717, 1.165) is 16.9 Å². The second kappa shape index (κ2) is 8.51. The smallest absolute Gasteiger partial charge is 0.346 e. The highest BCUT2D eigenvalue weighted by Gasteiger charge is 2.35. The summed E-state index contributed by atoms with van der Waals surface area (Å²) in [6, 6.07) is 9.02. The van der Waals surface area contributed by atoms with Crippen molar-refractivity contribution in [1.29, 1.82) is 0 Å². The number of ether oxygens (including phenoxy) is 3. The Labute approximate surface area is 187 Å². The van der Waals surface area contributed by atoms with Crippen LogP contribution in [0.15, 0.2) is 36.4 Å². The van der Waals surface area contributed by atoms with Crippen LogP contribution in [0.25, 0.3) is 11.1 Å². The number of fused-ring (bicyclic) bond motifs is 1. The predicted octanol–water partition coefficient (Wildman–Crippen LogP) is 4.75. The predicted molar refractivity (Wildman–Crippen MR) is 118 cm³/mol. The number of nitrogens with one attached hydrogen (secondary N) is 1. The van der Waals surface area contributed by atoms with Crippen molar-refractivity contribution >= 4 is 28.9 Å². The van der Waals surface area contributed by atoms with E-state index in [2.05, 4.69) is 5.32 Å². The maximum absolute atomic E-state index is 13.5. The summed E-state index contributed by atoms with van der Waals surface area (Å²) in [5, 5.41) is 12.7. The Morgan fingerprint density at radius 3 is 2.25 bits per heavy atom. The van der Waals surface area contributed by atoms with Crippen LogP contribution in [0.1, 0.15) is 32.5 Å². The number of amides is 1. The number of carboxylic acids is 1. The molecular weight excluding hydrogens is 437 g/mol. The first-order valence-electron chi connectivity index (χ1n) is 9.63. The number of carbonyl (C=O) groups is 2. The van der Waals surface area contributed by atoms with Gasteiger partial charge < -0.3 is 24.6 Å². The lowest BCUT2D eigenvalue weighted by Crippen LogP contribution is -2.22. The van der Waals surface area contributed by atoms with Crippen molar-refractivity contribution in [3.63, 3.8) is 0 Å². The molecule has 7 nitrogen and oxygen atoms in total. The molecule has 1 amide bonds. The molecule has 0 saturated carbocycles. The maximum atomic E-state index is 13.5. The van der Waals surface area contributed by atoms with Gasteiger partial charge in [-0.3, -0.25) is 4.79 Å². The van der Waals surface area contributed by atoms with E-state index in [1.54, 1.807) is 12.1 Å². The third-order valence-electron chi connectivity index (χ3n) is 5.32. The number of thiophene rings is 1. The second-order valence-electron chi connectivity index (χ2n) is 7.12. The SMILES string of the molecule is COc1cc(C2CC(=O)Nc3c2sc(C(=O)O)c3-c2ccc(F)cc2)cc(OC)c1OC. The van der Waals surface area contributed by atoms with Gasteiger partial charge in [-0.25, -0.2) is 9.18 Å². The fourth-order valence-corrected chi connectivity index (χ4v) is 5.15. The number of hydrogen-bond acceptors (Lipinski definition) is 6. The van der Waals surface area contributed by atoms with Crippen LogP contribution in [0, 0.1) is 5.82 Å². The lowest BCUT2D eigenvalue weighted by molar-refractivity contribution is -0.116. The fraction of sp³-hybridized carbons (Fsp3) is 0.217. The molecule has 2 heterocycles. The summed E-state index contributed by atoms with van der Waals surface area (Å²) in [6.45, 7) is 0. The molecule has 4 rings (SSSR count). The van der Waals surface area contributed by atoms with Gasteiger partial charge in [0.05, 0.1) is 27.0 Å². The van der Waals surface area contributed by atoms with E-state index in [1.165, 1.54) is 45.6 Å². The Balaban J connectivity index is 1.93. The number of hydrogen-bond donors (Lipinski definition) is 2. The Kier molecular flexibility index (Phi) is 5.75. The first kappa shape index (κ1) is 21.6. The molecule has 0 spiro atoms. The third kappa shape index (κ3) is 3.64. The molecule has 9 heteroatoms. The standard InChI is InChI=1S/C23H20FNO6S/c1-29-15-8-12(9-16(30-2)20(15)31-3)14-10-17(26)25-19-18(11-4-6-13(24)7-5-11)22(23(27)28)32-21(14)19/h4-9,14H,10H2,1-3H3,(H,25,26)(H,27,28). The number of rotatable bonds is 6. The molecule has 0 bridgehead atoms. The lowest BCUT2D eigenvalue weighted by Gasteiger charge is -2.25. The molecule has 166 valence electrons. The molecule has 0 aliphatic carbocycles. The largest absolute Gasteiger partial charge is 0.493 e. The summed E-state index contributed by atoms with van der Waals surface area (Å²) in [4.78, 5) is 25.5. The average molecular weight is 457 g/mol. The number of benzene rings is 2. The van der Waals surface area contributed by atoms with Crippen molar-refractivity contribution < 1.29 is 33.3 Å². The van der Waals surface area contributed by atoms with E-state index in [0.29, 0.717) is 38.9 Å². The van der Waals surface area contributed by atoms with Crippen LogP contribution in [0.2, 0.25) is 0 Å². The number of aromatic carboxylic acids is 1. The molecule has 1 unspecified atom stereocenters. The highest BCUT2D eigenvalue weighted by Crippen LogP contribution is 2.51. The first-order chi connectivity index (χ1) is 15.4. The zero-order chi connectivity index (χ0) is 23.0. The van der Waals surface area contributed by atoms with E-state index >= 15 is 0 Å². The van der Waals surface area contributed by atoms with Gasteiger partial charge in [0.25, 0.3) is 0 Å². The first-order valence-corrected chi connectivity index (χ1v) is 10.4. The molecule has 0 radical (unpaired) electrons. The summed E-state index contributed by atoms with van der Waals surface area (Å²) in [5.41, 5.74) is 2.02. The molecule has 32 heavy (non-hydrogen) atoms. The van der Waals surface area contributed by atoms with Gasteiger partial charge in [-0.15, -0.1) is 11.3 Å². The van der Waals surface area contributed by atoms with Crippen LogP contribution in [0.3, 0.4) is 0 Å². The summed E-state index contributed by atoms with van der Waals surface area (Å²) in [7, 11) is 4.50. The number of carbonyl (C=O) groups excluding carboxylic acids is 1. The lowest BCUT2D eigenvalue weighted by atomic mass is 9.88. The normalized spacial score (nSPS) is 15.0. The van der Waals surface area contributed by atoms with Crippen LogP contribution in [-0.2, 0) is 4.79 Å². The quantitative estimate of drug-likeness (QED) is 0.555. The summed E-state index contributed by atoms with van der Waals surface area (Å²) >= 11 is 1.09. The number of methoxy groups -OCH3 is 3. The van der Waals surface area contributed by atoms with Gasteiger partial charge in [0, 0.05) is 22.8 Å². The summed E-state index contributed by atoms with van der Waals surface area (Å²) in [6.07, 6.45) is 0.119. The monoisotopic (exact) mass is 457 g/mol. The molecule has 1 aliphatic heterocycles. The third-order valence-corrected chi connectivity index (χ3v) is 6.61. The minimum absolute atomic E-state index is 0.0706. The van der Waals surface area contributed by atoms with Crippen LogP contribution in [-0.4, -0.2) is 38.3 Å². The maximum Gasteiger partial charge on any atom is 0.346 e. The number of halogens is 1. The zero-order valence-corrected chi connectivity index (χ0v) is 18.3. The Bertz CT molecular complexity index is 1180. The van der Waals surface area contributed by atoms with E-state index in [-0.39, 0.29) is 17.2 Å². The van der Waals surface area contributed by atoms with E-state index in [9.17, 15) is 19.1 Å². The van der Waals surface area contributed by atoms with Gasteiger partial charge in [-0.05, 0) is 35.4 Å². The van der Waals surface area contributed by atoms with Crippen LogP contribution in [0.4, 0.5) is 10.1 Å². The fourth-order valence-electron chi connectivity index (χ4n) is 3.90. The molecule has 1 aromatic heterocycles. The minimum Gasteiger partial charge on any atom is -0.493 e. The Morgan fingerprint density at radius 2 is 1.72 bits per heavy atom. The van der Waals surface area contributed by atoms with Crippen LogP contribution in [0.5, 0.6) is 17.2 Å². The molecule has 2 aromatic carbocycles. The van der Waals surface area contributed by atoms with Gasteiger partial charge in [0.1, 0.15) is 10.7 Å². The molecule has 0 fully saturated rings. The molecule has 1 aliphatic rings. The van der Waals surface area contributed by atoms with Gasteiger partial charge in [0.15, 0.2) is 11.5 Å². The van der Waals surface area contributed by atoms with Crippen molar-refractivity contribution in [2.45, 2.75) is 12.3 Å². The number of anilines is 1. The molecule has 3 aromatic rings. The second-order valence-corrected chi connectivity index (χ2v) is 8.17. The zero-order valence-electron chi connectivity index (χ0n) is 17.5. The molecule has 1 atom stereocenters. The van der Waals surface area contributed by atoms with Crippen molar-refractivity contribution in [1.82, 2.24) is 0 Å². The molecule has 2 N–H and O–H groups in total. The van der Waals surface area contributed by atoms with Crippen LogP contribution < -0.4 is 19.5 Å². The van der Waals surface area contributed by atoms with Crippen molar-refractivity contribution in [3.8, 4) is 28.4 Å². The Morgan fingerprint density at radius 1 is 1.09 bits per heavy atom. The van der Waals surface area contributed by atoms with E-state index in [1.807, 2.05) is 0 Å². The van der Waals surface area contributed by atoms with Crippen molar-refractivity contribution in [3.05, 3.63) is 57.5 Å². The van der Waals surface area contributed by atoms with Gasteiger partial charge in [-0.2, -0.15) is 0 Å². The topological polar surface area (TPSA) is 94.1 Å². The average Bonchev–Trinajstić information content (AvgIpc) is 3.17. The van der Waals surface area contributed by atoms with Crippen molar-refractivity contribution in [2.24, 2.45) is 0 Å². The molecular formula is C23H20FNO6S. The van der Waals surface area contributed by atoms with Gasteiger partial charge in [-0.1, -0.05) is 12.1 Å². The minimum atomic E-state index is -1.12. The van der Waals surface area contributed by atoms with Gasteiger partial charge in [0.2, 0.25) is 11.7 Å². The highest BCUT2D eigenvalue weighted by atomic mass is 32.1. The molecule has 0 saturated heterocycles.